The minimum Gasteiger partial charge on any atom is -0.303 e. The van der Waals surface area contributed by atoms with Gasteiger partial charge >= 0.3 is 0 Å². The van der Waals surface area contributed by atoms with Gasteiger partial charge in [-0.15, -0.1) is 0 Å². The molecule has 1 nitrogen and oxygen atoms in total. The lowest BCUT2D eigenvalue weighted by molar-refractivity contribution is 0.254. The molecule has 0 unspecified atom stereocenters. The smallest absolute Gasteiger partial charge is 0.00187 e. The number of hydrogen-bond donors (Lipinski definition) is 0. The Balaban J connectivity index is 3.91. The summed E-state index contributed by atoms with van der Waals surface area (Å²) in [5.41, 5.74) is 0.523. The maximum Gasteiger partial charge on any atom is -0.00187 e. The van der Waals surface area contributed by atoms with Gasteiger partial charge in [-0.2, -0.15) is 0 Å². The molecular formula is C39H81N. The van der Waals surface area contributed by atoms with E-state index >= 15 is 0 Å². The van der Waals surface area contributed by atoms with E-state index in [1.807, 2.05) is 0 Å². The van der Waals surface area contributed by atoms with Crippen molar-refractivity contribution in [3.05, 3.63) is 0 Å². The molecule has 0 aromatic heterocycles. The maximum atomic E-state index is 2.85. The van der Waals surface area contributed by atoms with Crippen LogP contribution in [0.2, 0.25) is 0 Å². The van der Waals surface area contributed by atoms with Crippen LogP contribution in [-0.4, -0.2) is 24.5 Å². The first kappa shape index (κ1) is 40.0. The first-order valence-corrected chi connectivity index (χ1v) is 19.2. The first-order valence-electron chi connectivity index (χ1n) is 19.2. The van der Waals surface area contributed by atoms with Gasteiger partial charge in [0.1, 0.15) is 0 Å². The van der Waals surface area contributed by atoms with Crippen LogP contribution in [0.1, 0.15) is 227 Å². The molecule has 0 radical (unpaired) electrons. The van der Waals surface area contributed by atoms with Crippen molar-refractivity contribution in [1.82, 2.24) is 4.90 Å². The fourth-order valence-corrected chi connectivity index (χ4v) is 6.21. The van der Waals surface area contributed by atoms with Crippen molar-refractivity contribution in [2.75, 3.05) is 19.6 Å². The Kier molecular flexibility index (Phi) is 31.9. The molecule has 0 atom stereocenters. The average molecular weight is 564 g/mol. The van der Waals surface area contributed by atoms with Gasteiger partial charge in [-0.3, -0.25) is 0 Å². The zero-order valence-corrected chi connectivity index (χ0v) is 29.3. The average Bonchev–Trinajstić information content (AvgIpc) is 2.92. The van der Waals surface area contributed by atoms with E-state index in [4.69, 9.17) is 0 Å². The van der Waals surface area contributed by atoms with Gasteiger partial charge in [0.15, 0.2) is 0 Å². The highest BCUT2D eigenvalue weighted by molar-refractivity contribution is 4.62. The minimum absolute atomic E-state index is 0.523. The highest BCUT2D eigenvalue weighted by atomic mass is 15.1. The third-order valence-electron chi connectivity index (χ3n) is 9.06. The summed E-state index contributed by atoms with van der Waals surface area (Å²) in [6.07, 6.45) is 43.5. The Bertz CT molecular complexity index is 426. The molecule has 0 saturated heterocycles. The van der Waals surface area contributed by atoms with Crippen LogP contribution in [0, 0.1) is 5.41 Å². The van der Waals surface area contributed by atoms with Crippen LogP contribution in [0.4, 0.5) is 0 Å². The summed E-state index contributed by atoms with van der Waals surface area (Å²) >= 11 is 0. The highest BCUT2D eigenvalue weighted by Gasteiger charge is 2.09. The first-order chi connectivity index (χ1) is 19.5. The number of rotatable bonds is 33. The van der Waals surface area contributed by atoms with Crippen LogP contribution in [-0.2, 0) is 0 Å². The van der Waals surface area contributed by atoms with E-state index in [9.17, 15) is 0 Å². The van der Waals surface area contributed by atoms with E-state index in [1.54, 1.807) is 0 Å². The lowest BCUT2D eigenvalue weighted by Gasteiger charge is -2.22. The Labute approximate surface area is 256 Å². The van der Waals surface area contributed by atoms with Crippen molar-refractivity contribution >= 4 is 0 Å². The molecule has 0 aliphatic heterocycles. The summed E-state index contributed by atoms with van der Waals surface area (Å²) in [7, 11) is 0. The van der Waals surface area contributed by atoms with E-state index in [0.29, 0.717) is 5.41 Å². The van der Waals surface area contributed by atoms with E-state index in [0.717, 1.165) is 0 Å². The zero-order valence-electron chi connectivity index (χ0n) is 29.3. The second kappa shape index (κ2) is 31.9. The fraction of sp³-hybridized carbons (Fsp3) is 1.00. The summed E-state index contributed by atoms with van der Waals surface area (Å²) < 4.78 is 0. The molecule has 1 heteroatoms. The van der Waals surface area contributed by atoms with Gasteiger partial charge in [-0.1, -0.05) is 202 Å². The van der Waals surface area contributed by atoms with E-state index < -0.39 is 0 Å². The Morgan fingerprint density at radius 2 is 0.525 bits per heavy atom. The lowest BCUT2D eigenvalue weighted by Crippen LogP contribution is -2.27. The molecule has 40 heavy (non-hydrogen) atoms. The normalized spacial score (nSPS) is 12.2. The molecule has 242 valence electrons. The summed E-state index contributed by atoms with van der Waals surface area (Å²) in [6, 6.07) is 0. The van der Waals surface area contributed by atoms with Crippen molar-refractivity contribution < 1.29 is 0 Å². The third kappa shape index (κ3) is 34.2. The molecule has 0 aliphatic rings. The lowest BCUT2D eigenvalue weighted by atomic mass is 9.89. The summed E-state index contributed by atoms with van der Waals surface area (Å²) in [5.74, 6) is 0. The standard InChI is InChI=1S/C39H81N/c1-6-8-10-12-14-16-20-24-28-32-36-40(37-33-29-25-21-17-15-13-11-9-7-2)38-34-30-26-22-18-19-23-27-31-35-39(3,4)5/h6-38H2,1-5H3. The molecule has 0 aliphatic carbocycles. The van der Waals surface area contributed by atoms with Gasteiger partial charge in [-0.25, -0.2) is 0 Å². The number of nitrogens with zero attached hydrogens (tertiary/aromatic N) is 1. The third-order valence-corrected chi connectivity index (χ3v) is 9.06. The van der Waals surface area contributed by atoms with Crippen molar-refractivity contribution in [3.8, 4) is 0 Å². The molecule has 0 aromatic carbocycles. The largest absolute Gasteiger partial charge is 0.303 e. The van der Waals surface area contributed by atoms with Gasteiger partial charge in [0.05, 0.1) is 0 Å². The topological polar surface area (TPSA) is 3.24 Å². The molecule has 0 bridgehead atoms. The van der Waals surface area contributed by atoms with Crippen molar-refractivity contribution in [2.24, 2.45) is 5.41 Å². The molecule has 0 heterocycles. The van der Waals surface area contributed by atoms with Crippen molar-refractivity contribution in [3.63, 3.8) is 0 Å². The Morgan fingerprint density at radius 3 is 0.775 bits per heavy atom. The Hall–Kier alpha value is -0.0400. The van der Waals surface area contributed by atoms with Gasteiger partial charge in [0.25, 0.3) is 0 Å². The van der Waals surface area contributed by atoms with Crippen LogP contribution >= 0.6 is 0 Å². The van der Waals surface area contributed by atoms with Crippen molar-refractivity contribution in [1.29, 1.82) is 0 Å². The second-order valence-corrected chi connectivity index (χ2v) is 14.7. The van der Waals surface area contributed by atoms with Crippen LogP contribution in [0.5, 0.6) is 0 Å². The van der Waals surface area contributed by atoms with Gasteiger partial charge < -0.3 is 4.90 Å². The maximum absolute atomic E-state index is 2.85. The summed E-state index contributed by atoms with van der Waals surface area (Å²) in [6.45, 7) is 15.9. The molecule has 0 amide bonds. The molecule has 0 N–H and O–H groups in total. The molecule has 0 rings (SSSR count). The summed E-state index contributed by atoms with van der Waals surface area (Å²) in [5, 5.41) is 0. The van der Waals surface area contributed by atoms with Crippen molar-refractivity contribution in [2.45, 2.75) is 227 Å². The van der Waals surface area contributed by atoms with E-state index in [1.165, 1.54) is 212 Å². The second-order valence-electron chi connectivity index (χ2n) is 14.7. The zero-order chi connectivity index (χ0) is 29.4. The molecule has 0 aromatic rings. The summed E-state index contributed by atoms with van der Waals surface area (Å²) in [4.78, 5) is 2.85. The monoisotopic (exact) mass is 564 g/mol. The van der Waals surface area contributed by atoms with E-state index in [-0.39, 0.29) is 0 Å². The minimum atomic E-state index is 0.523. The molecule has 0 saturated carbocycles. The SMILES string of the molecule is CCCCCCCCCCCCN(CCCCCCCCCCCC)CCCCCCCCCCCC(C)(C)C. The number of unbranched alkanes of at least 4 members (excludes halogenated alkanes) is 26. The van der Waals surface area contributed by atoms with Crippen LogP contribution in [0.3, 0.4) is 0 Å². The van der Waals surface area contributed by atoms with Gasteiger partial charge in [0, 0.05) is 0 Å². The Morgan fingerprint density at radius 1 is 0.300 bits per heavy atom. The van der Waals surface area contributed by atoms with Crippen LogP contribution in [0.15, 0.2) is 0 Å². The number of hydrogen-bond acceptors (Lipinski definition) is 1. The quantitative estimate of drug-likeness (QED) is 0.0718. The predicted octanol–water partition coefficient (Wildman–Crippen LogP) is 14.1. The van der Waals surface area contributed by atoms with Gasteiger partial charge in [-0.05, 0) is 50.7 Å². The van der Waals surface area contributed by atoms with E-state index in [2.05, 4.69) is 39.5 Å². The molecule has 0 spiro atoms. The van der Waals surface area contributed by atoms with Crippen LogP contribution < -0.4 is 0 Å². The highest BCUT2D eigenvalue weighted by Crippen LogP contribution is 2.23. The molecular weight excluding hydrogens is 482 g/mol. The van der Waals surface area contributed by atoms with Gasteiger partial charge in [0.2, 0.25) is 0 Å². The van der Waals surface area contributed by atoms with Crippen LogP contribution in [0.25, 0.3) is 0 Å². The molecule has 0 fully saturated rings. The fourth-order valence-electron chi connectivity index (χ4n) is 6.21. The predicted molar refractivity (Wildman–Crippen MR) is 186 cm³/mol.